The Hall–Kier alpha value is -1.53. The molecule has 6 heteroatoms. The number of carbonyl (C=O) groups is 1. The maximum Gasteiger partial charge on any atom is 0.248 e. The average Bonchev–Trinajstić information content (AvgIpc) is 2.85. The minimum Gasteiger partial charge on any atom is -0.384 e. The predicted molar refractivity (Wildman–Crippen MR) is 79.2 cm³/mol. The molecule has 0 aromatic heterocycles. The second-order valence-corrected chi connectivity index (χ2v) is 6.03. The van der Waals surface area contributed by atoms with E-state index in [0.717, 1.165) is 12.6 Å². The zero-order valence-electron chi connectivity index (χ0n) is 13.0. The molecule has 3 atom stereocenters. The monoisotopic (exact) mass is 312 g/mol. The van der Waals surface area contributed by atoms with Gasteiger partial charge in [0, 0.05) is 18.6 Å². The van der Waals surface area contributed by atoms with E-state index in [1.54, 1.807) is 6.07 Å². The van der Waals surface area contributed by atoms with Crippen LogP contribution in [0.1, 0.15) is 38.8 Å². The molecule has 1 amide bonds. The van der Waals surface area contributed by atoms with Gasteiger partial charge in [0.2, 0.25) is 5.91 Å². The van der Waals surface area contributed by atoms with E-state index in [2.05, 4.69) is 10.2 Å². The van der Waals surface area contributed by atoms with Crippen molar-refractivity contribution in [1.82, 2.24) is 10.2 Å². The molecule has 1 saturated heterocycles. The standard InChI is InChI=1S/C16H22F2N2O2/c1-9(2)20-7-6-14(19-16(22)10(3)21)15(20)11-4-5-12(17)13(18)8-11/h4-5,8-10,14-15,21H,6-7H2,1-3H3,(H,19,22). The highest BCUT2D eigenvalue weighted by molar-refractivity contribution is 5.80. The molecule has 0 saturated carbocycles. The van der Waals surface area contributed by atoms with Crippen LogP contribution in [0.25, 0.3) is 0 Å². The lowest BCUT2D eigenvalue weighted by molar-refractivity contribution is -0.129. The van der Waals surface area contributed by atoms with Gasteiger partial charge < -0.3 is 10.4 Å². The van der Waals surface area contributed by atoms with E-state index in [1.807, 2.05) is 13.8 Å². The molecule has 4 nitrogen and oxygen atoms in total. The first kappa shape index (κ1) is 16.8. The minimum absolute atomic E-state index is 0.201. The van der Waals surface area contributed by atoms with Gasteiger partial charge in [-0.05, 0) is 44.9 Å². The van der Waals surface area contributed by atoms with Crippen molar-refractivity contribution in [2.45, 2.75) is 51.4 Å². The van der Waals surface area contributed by atoms with E-state index in [0.29, 0.717) is 12.0 Å². The van der Waals surface area contributed by atoms with E-state index in [1.165, 1.54) is 13.0 Å². The third kappa shape index (κ3) is 3.44. The van der Waals surface area contributed by atoms with Crippen LogP contribution in [0.2, 0.25) is 0 Å². The van der Waals surface area contributed by atoms with E-state index in [9.17, 15) is 18.7 Å². The molecule has 1 heterocycles. The molecule has 1 aliphatic heterocycles. The van der Waals surface area contributed by atoms with Crippen LogP contribution in [0.4, 0.5) is 8.78 Å². The number of halogens is 2. The Balaban J connectivity index is 2.30. The lowest BCUT2D eigenvalue weighted by Gasteiger charge is -2.32. The van der Waals surface area contributed by atoms with Crippen LogP contribution in [-0.4, -0.2) is 40.6 Å². The number of hydrogen-bond acceptors (Lipinski definition) is 3. The Labute approximate surface area is 129 Å². The molecular weight excluding hydrogens is 290 g/mol. The van der Waals surface area contributed by atoms with Gasteiger partial charge in [-0.1, -0.05) is 6.07 Å². The van der Waals surface area contributed by atoms with Crippen molar-refractivity contribution in [2.24, 2.45) is 0 Å². The SMILES string of the molecule is CC(O)C(=O)NC1CCN(C(C)C)C1c1ccc(F)c(F)c1. The zero-order valence-corrected chi connectivity index (χ0v) is 13.0. The largest absolute Gasteiger partial charge is 0.384 e. The van der Waals surface area contributed by atoms with Crippen molar-refractivity contribution >= 4 is 5.91 Å². The fourth-order valence-electron chi connectivity index (χ4n) is 2.97. The lowest BCUT2D eigenvalue weighted by Crippen LogP contribution is -2.44. The number of benzene rings is 1. The smallest absolute Gasteiger partial charge is 0.248 e. The van der Waals surface area contributed by atoms with Gasteiger partial charge in [-0.25, -0.2) is 8.78 Å². The second kappa shape index (κ2) is 6.71. The van der Waals surface area contributed by atoms with Crippen LogP contribution >= 0.6 is 0 Å². The van der Waals surface area contributed by atoms with Crippen LogP contribution in [-0.2, 0) is 4.79 Å². The molecule has 2 rings (SSSR count). The van der Waals surface area contributed by atoms with Gasteiger partial charge in [0.1, 0.15) is 6.10 Å². The maximum atomic E-state index is 13.6. The summed E-state index contributed by atoms with van der Waals surface area (Å²) in [7, 11) is 0. The fraction of sp³-hybridized carbons (Fsp3) is 0.562. The van der Waals surface area contributed by atoms with Gasteiger partial charge in [-0.3, -0.25) is 9.69 Å². The quantitative estimate of drug-likeness (QED) is 0.894. The molecule has 0 aliphatic carbocycles. The zero-order chi connectivity index (χ0) is 16.4. The van der Waals surface area contributed by atoms with E-state index in [-0.39, 0.29) is 18.1 Å². The van der Waals surface area contributed by atoms with Gasteiger partial charge in [-0.2, -0.15) is 0 Å². The number of aliphatic hydroxyl groups is 1. The number of nitrogens with zero attached hydrogens (tertiary/aromatic N) is 1. The highest BCUT2D eigenvalue weighted by Crippen LogP contribution is 2.34. The third-order valence-electron chi connectivity index (χ3n) is 4.09. The Morgan fingerprint density at radius 1 is 1.32 bits per heavy atom. The first-order valence-electron chi connectivity index (χ1n) is 7.50. The highest BCUT2D eigenvalue weighted by Gasteiger charge is 2.38. The lowest BCUT2D eigenvalue weighted by atomic mass is 9.98. The third-order valence-corrected chi connectivity index (χ3v) is 4.09. The number of likely N-dealkylation sites (tertiary alicyclic amines) is 1. The van der Waals surface area contributed by atoms with E-state index in [4.69, 9.17) is 0 Å². The summed E-state index contributed by atoms with van der Waals surface area (Å²) in [6.07, 6.45) is -0.404. The summed E-state index contributed by atoms with van der Waals surface area (Å²) in [5.41, 5.74) is 0.626. The normalized spacial score (nSPS) is 23.8. The van der Waals surface area contributed by atoms with E-state index >= 15 is 0 Å². The summed E-state index contributed by atoms with van der Waals surface area (Å²) in [5, 5.41) is 12.2. The summed E-state index contributed by atoms with van der Waals surface area (Å²) >= 11 is 0. The van der Waals surface area contributed by atoms with Crippen molar-refractivity contribution in [3.63, 3.8) is 0 Å². The topological polar surface area (TPSA) is 52.6 Å². The van der Waals surface area contributed by atoms with Gasteiger partial charge in [0.15, 0.2) is 11.6 Å². The van der Waals surface area contributed by atoms with Gasteiger partial charge in [0.25, 0.3) is 0 Å². The molecule has 3 unspecified atom stereocenters. The summed E-state index contributed by atoms with van der Waals surface area (Å²) < 4.78 is 26.7. The highest BCUT2D eigenvalue weighted by atomic mass is 19.2. The van der Waals surface area contributed by atoms with Crippen LogP contribution in [0.5, 0.6) is 0 Å². The summed E-state index contributed by atoms with van der Waals surface area (Å²) in [5.74, 6) is -2.24. The minimum atomic E-state index is -1.10. The molecule has 1 fully saturated rings. The van der Waals surface area contributed by atoms with Crippen molar-refractivity contribution in [2.75, 3.05) is 6.54 Å². The van der Waals surface area contributed by atoms with Crippen LogP contribution < -0.4 is 5.32 Å². The van der Waals surface area contributed by atoms with Crippen LogP contribution in [0.3, 0.4) is 0 Å². The van der Waals surface area contributed by atoms with Gasteiger partial charge >= 0.3 is 0 Å². The van der Waals surface area contributed by atoms with E-state index < -0.39 is 23.6 Å². The van der Waals surface area contributed by atoms with Crippen molar-refractivity contribution < 1.29 is 18.7 Å². The second-order valence-electron chi connectivity index (χ2n) is 6.03. The Morgan fingerprint density at radius 2 is 2.00 bits per heavy atom. The van der Waals surface area contributed by atoms with Crippen LogP contribution in [0.15, 0.2) is 18.2 Å². The number of nitrogens with one attached hydrogen (secondary N) is 1. The Morgan fingerprint density at radius 3 is 2.55 bits per heavy atom. The van der Waals surface area contributed by atoms with Crippen molar-refractivity contribution in [3.05, 3.63) is 35.4 Å². The fourth-order valence-corrected chi connectivity index (χ4v) is 2.97. The predicted octanol–water partition coefficient (Wildman–Crippen LogP) is 1.99. The number of amides is 1. The summed E-state index contributed by atoms with van der Waals surface area (Å²) in [4.78, 5) is 13.9. The van der Waals surface area contributed by atoms with Crippen molar-refractivity contribution in [1.29, 1.82) is 0 Å². The Bertz CT molecular complexity index is 549. The first-order valence-corrected chi connectivity index (χ1v) is 7.50. The summed E-state index contributed by atoms with van der Waals surface area (Å²) in [6.45, 7) is 6.18. The number of aliphatic hydroxyl groups excluding tert-OH is 1. The van der Waals surface area contributed by atoms with Gasteiger partial charge in [0.05, 0.1) is 6.04 Å². The molecular formula is C16H22F2N2O2. The van der Waals surface area contributed by atoms with Crippen LogP contribution in [0, 0.1) is 11.6 Å². The molecule has 122 valence electrons. The molecule has 1 aliphatic rings. The first-order chi connectivity index (χ1) is 10.3. The van der Waals surface area contributed by atoms with Crippen molar-refractivity contribution in [3.8, 4) is 0 Å². The number of rotatable bonds is 4. The molecule has 2 N–H and O–H groups in total. The van der Waals surface area contributed by atoms with Gasteiger partial charge in [-0.15, -0.1) is 0 Å². The molecule has 0 spiro atoms. The Kier molecular flexibility index (Phi) is 5.13. The summed E-state index contributed by atoms with van der Waals surface area (Å²) in [6, 6.07) is 3.56. The number of hydrogen-bond donors (Lipinski definition) is 2. The molecule has 1 aromatic carbocycles. The maximum absolute atomic E-state index is 13.6. The molecule has 0 bridgehead atoms. The molecule has 0 radical (unpaired) electrons. The number of carbonyl (C=O) groups excluding carboxylic acids is 1. The molecule has 1 aromatic rings. The average molecular weight is 312 g/mol. The molecule has 22 heavy (non-hydrogen) atoms.